The quantitative estimate of drug-likeness (QED) is 0.873. The van der Waals surface area contributed by atoms with E-state index in [9.17, 15) is 14.7 Å². The van der Waals surface area contributed by atoms with Crippen LogP contribution in [0.3, 0.4) is 0 Å². The lowest BCUT2D eigenvalue weighted by molar-refractivity contribution is -0.142. The van der Waals surface area contributed by atoms with Crippen LogP contribution >= 0.6 is 0 Å². The Morgan fingerprint density at radius 2 is 1.69 bits per heavy atom. The Kier molecular flexibility index (Phi) is 4.09. The fraction of sp³-hybridized carbons (Fsp3) is 0.600. The van der Waals surface area contributed by atoms with E-state index >= 15 is 0 Å². The number of likely N-dealkylation sites (tertiary alicyclic amines) is 1. The van der Waals surface area contributed by atoms with Crippen molar-refractivity contribution in [3.05, 3.63) is 23.8 Å². The van der Waals surface area contributed by atoms with Gasteiger partial charge in [0.15, 0.2) is 11.5 Å². The molecule has 3 fully saturated rings. The van der Waals surface area contributed by atoms with E-state index in [1.54, 1.807) is 14.2 Å². The van der Waals surface area contributed by atoms with E-state index in [1.165, 1.54) is 0 Å². The van der Waals surface area contributed by atoms with Gasteiger partial charge in [0, 0.05) is 13.1 Å². The number of carbonyl (C=O) groups is 2. The van der Waals surface area contributed by atoms with Crippen LogP contribution in [0.4, 0.5) is 0 Å². The van der Waals surface area contributed by atoms with Crippen LogP contribution < -0.4 is 9.47 Å². The predicted octanol–water partition coefficient (Wildman–Crippen LogP) is 2.30. The zero-order valence-electron chi connectivity index (χ0n) is 15.2. The second-order valence-electron chi connectivity index (χ2n) is 7.76. The number of nitrogens with zero attached hydrogens (tertiary/aromatic N) is 1. The molecule has 140 valence electrons. The van der Waals surface area contributed by atoms with Crippen LogP contribution in [0.15, 0.2) is 18.2 Å². The van der Waals surface area contributed by atoms with Crippen molar-refractivity contribution >= 4 is 11.9 Å². The summed E-state index contributed by atoms with van der Waals surface area (Å²) in [5.74, 6) is 0.754. The molecule has 4 rings (SSSR count). The Hall–Kier alpha value is -2.24. The number of hydrogen-bond acceptors (Lipinski definition) is 4. The van der Waals surface area contributed by atoms with Gasteiger partial charge in [0.2, 0.25) is 5.91 Å². The molecule has 6 nitrogen and oxygen atoms in total. The number of carboxylic acid groups (broad SMARTS) is 1. The molecule has 1 N–H and O–H groups in total. The minimum absolute atomic E-state index is 0.139. The summed E-state index contributed by atoms with van der Waals surface area (Å²) in [5.41, 5.74) is 0.461. The molecule has 1 aromatic rings. The standard InChI is InChI=1S/C20H25NO5/c1-25-15-6-5-12(9-16(15)26-2)20(7-3-4-8-20)19(24)21-10-13-14(11-21)17(13)18(22)23/h5-6,9,13-14,17H,3-4,7-8,10-11H2,1-2H3,(H,22,23)/t13-,14+,17?. The normalized spacial score (nSPS) is 28.5. The van der Waals surface area contributed by atoms with Gasteiger partial charge in [0.25, 0.3) is 0 Å². The molecule has 1 heterocycles. The number of aliphatic carboxylic acids is 1. The molecular weight excluding hydrogens is 334 g/mol. The number of piperidine rings is 1. The fourth-order valence-electron chi connectivity index (χ4n) is 5.10. The van der Waals surface area contributed by atoms with Crippen molar-refractivity contribution in [3.63, 3.8) is 0 Å². The Morgan fingerprint density at radius 3 is 2.23 bits per heavy atom. The third kappa shape index (κ3) is 2.46. The highest BCUT2D eigenvalue weighted by molar-refractivity contribution is 5.90. The lowest BCUT2D eigenvalue weighted by Gasteiger charge is -2.34. The number of amides is 1. The summed E-state index contributed by atoms with van der Waals surface area (Å²) in [7, 11) is 3.20. The largest absolute Gasteiger partial charge is 0.493 e. The molecule has 3 atom stereocenters. The number of rotatable bonds is 5. The molecule has 1 saturated heterocycles. The monoisotopic (exact) mass is 359 g/mol. The summed E-state index contributed by atoms with van der Waals surface area (Å²) in [4.78, 5) is 26.6. The Labute approximate surface area is 153 Å². The minimum Gasteiger partial charge on any atom is -0.493 e. The van der Waals surface area contributed by atoms with E-state index in [1.807, 2.05) is 23.1 Å². The highest BCUT2D eigenvalue weighted by Crippen LogP contribution is 2.54. The van der Waals surface area contributed by atoms with E-state index < -0.39 is 11.4 Å². The van der Waals surface area contributed by atoms with Crippen LogP contribution in [-0.2, 0) is 15.0 Å². The molecule has 0 aromatic heterocycles. The zero-order valence-corrected chi connectivity index (χ0v) is 15.2. The molecule has 26 heavy (non-hydrogen) atoms. The number of fused-ring (bicyclic) bond motifs is 1. The predicted molar refractivity (Wildman–Crippen MR) is 94.4 cm³/mol. The molecule has 1 aliphatic heterocycles. The number of methoxy groups -OCH3 is 2. The summed E-state index contributed by atoms with van der Waals surface area (Å²) in [5, 5.41) is 9.20. The fourth-order valence-corrected chi connectivity index (χ4v) is 5.10. The molecular formula is C20H25NO5. The molecule has 1 unspecified atom stereocenters. The third-order valence-electron chi connectivity index (χ3n) is 6.57. The van der Waals surface area contributed by atoms with Crippen LogP contribution in [0, 0.1) is 17.8 Å². The van der Waals surface area contributed by atoms with Gasteiger partial charge >= 0.3 is 5.97 Å². The van der Waals surface area contributed by atoms with Gasteiger partial charge in [-0.25, -0.2) is 0 Å². The van der Waals surface area contributed by atoms with Crippen molar-refractivity contribution in [1.29, 1.82) is 0 Å². The van der Waals surface area contributed by atoms with Gasteiger partial charge in [-0.2, -0.15) is 0 Å². The highest BCUT2D eigenvalue weighted by atomic mass is 16.5. The molecule has 0 bridgehead atoms. The smallest absolute Gasteiger partial charge is 0.307 e. The van der Waals surface area contributed by atoms with Crippen molar-refractivity contribution in [2.24, 2.45) is 17.8 Å². The first-order chi connectivity index (χ1) is 12.5. The Balaban J connectivity index is 1.60. The van der Waals surface area contributed by atoms with Crippen molar-refractivity contribution in [3.8, 4) is 11.5 Å². The molecule has 0 spiro atoms. The molecule has 6 heteroatoms. The van der Waals surface area contributed by atoms with Crippen LogP contribution in [0.25, 0.3) is 0 Å². The average molecular weight is 359 g/mol. The summed E-state index contributed by atoms with van der Waals surface area (Å²) < 4.78 is 10.8. The van der Waals surface area contributed by atoms with E-state index in [-0.39, 0.29) is 23.7 Å². The maximum Gasteiger partial charge on any atom is 0.307 e. The van der Waals surface area contributed by atoms with E-state index in [4.69, 9.17) is 9.47 Å². The molecule has 1 aromatic carbocycles. The van der Waals surface area contributed by atoms with Crippen molar-refractivity contribution in [2.75, 3.05) is 27.3 Å². The van der Waals surface area contributed by atoms with Gasteiger partial charge in [0.05, 0.1) is 25.6 Å². The van der Waals surface area contributed by atoms with Crippen molar-refractivity contribution < 1.29 is 24.2 Å². The third-order valence-corrected chi connectivity index (χ3v) is 6.57. The number of ether oxygens (including phenoxy) is 2. The van der Waals surface area contributed by atoms with Gasteiger partial charge < -0.3 is 19.5 Å². The molecule has 1 amide bonds. The molecule has 3 aliphatic rings. The molecule has 2 aliphatic carbocycles. The van der Waals surface area contributed by atoms with Gasteiger partial charge in [0.1, 0.15) is 0 Å². The van der Waals surface area contributed by atoms with Gasteiger partial charge in [-0.1, -0.05) is 18.9 Å². The number of benzene rings is 1. The number of carboxylic acids is 1. The maximum atomic E-state index is 13.5. The Morgan fingerprint density at radius 1 is 1.08 bits per heavy atom. The summed E-state index contributed by atoms with van der Waals surface area (Å²) in [6.45, 7) is 1.16. The lowest BCUT2D eigenvalue weighted by atomic mass is 9.77. The lowest BCUT2D eigenvalue weighted by Crippen LogP contribution is -2.45. The summed E-state index contributed by atoms with van der Waals surface area (Å²) in [6.07, 6.45) is 3.71. The van der Waals surface area contributed by atoms with Gasteiger partial charge in [-0.3, -0.25) is 9.59 Å². The minimum atomic E-state index is -0.720. The van der Waals surface area contributed by atoms with E-state index in [2.05, 4.69) is 0 Å². The highest BCUT2D eigenvalue weighted by Gasteiger charge is 2.62. The SMILES string of the molecule is COc1ccc(C2(C(=O)N3C[C@@H]4C(C(=O)O)[C@@H]4C3)CCCC2)cc1OC. The van der Waals surface area contributed by atoms with Crippen LogP contribution in [-0.4, -0.2) is 49.2 Å². The average Bonchev–Trinajstić information content (AvgIpc) is 3.03. The van der Waals surface area contributed by atoms with Crippen molar-refractivity contribution in [2.45, 2.75) is 31.1 Å². The zero-order chi connectivity index (χ0) is 18.5. The first-order valence-electron chi connectivity index (χ1n) is 9.26. The van der Waals surface area contributed by atoms with Crippen LogP contribution in [0.2, 0.25) is 0 Å². The number of hydrogen-bond donors (Lipinski definition) is 1. The van der Waals surface area contributed by atoms with Crippen LogP contribution in [0.1, 0.15) is 31.2 Å². The second-order valence-corrected chi connectivity index (χ2v) is 7.76. The molecule has 0 radical (unpaired) electrons. The summed E-state index contributed by atoms with van der Waals surface area (Å²) >= 11 is 0. The number of carbonyl (C=O) groups excluding carboxylic acids is 1. The van der Waals surface area contributed by atoms with Crippen molar-refractivity contribution in [1.82, 2.24) is 4.90 Å². The van der Waals surface area contributed by atoms with E-state index in [0.717, 1.165) is 31.2 Å². The van der Waals surface area contributed by atoms with Crippen LogP contribution in [0.5, 0.6) is 11.5 Å². The summed E-state index contributed by atoms with van der Waals surface area (Å²) in [6, 6.07) is 5.77. The van der Waals surface area contributed by atoms with E-state index in [0.29, 0.717) is 24.6 Å². The topological polar surface area (TPSA) is 76.1 Å². The Bertz CT molecular complexity index is 728. The van der Waals surface area contributed by atoms with Gasteiger partial charge in [-0.05, 0) is 42.4 Å². The molecule has 2 saturated carbocycles. The first-order valence-corrected chi connectivity index (χ1v) is 9.26. The first kappa shape index (κ1) is 17.2. The van der Waals surface area contributed by atoms with Gasteiger partial charge in [-0.15, -0.1) is 0 Å². The second kappa shape index (κ2) is 6.18. The maximum absolute atomic E-state index is 13.5.